The minimum Gasteiger partial charge on any atom is -0.378 e. The lowest BCUT2D eigenvalue weighted by atomic mass is 10.2. The van der Waals surface area contributed by atoms with Gasteiger partial charge in [0.1, 0.15) is 0 Å². The lowest BCUT2D eigenvalue weighted by Gasteiger charge is -2.32. The van der Waals surface area contributed by atoms with E-state index in [1.165, 1.54) is 0 Å². The fourth-order valence-corrected chi connectivity index (χ4v) is 2.84. The van der Waals surface area contributed by atoms with E-state index < -0.39 is 0 Å². The maximum atomic E-state index is 12.6. The van der Waals surface area contributed by atoms with E-state index >= 15 is 0 Å². The molecule has 1 amide bonds. The molecular formula is C14H16BrN3O2. The van der Waals surface area contributed by atoms with Gasteiger partial charge in [0, 0.05) is 29.7 Å². The smallest absolute Gasteiger partial charge is 0.260 e. The molecular weight excluding hydrogens is 322 g/mol. The van der Waals surface area contributed by atoms with Crippen LogP contribution < -0.4 is 0 Å². The number of hydrogen-bond donors (Lipinski definition) is 0. The molecule has 1 saturated heterocycles. The molecule has 3 rings (SSSR count). The van der Waals surface area contributed by atoms with Crippen molar-refractivity contribution in [3.8, 4) is 0 Å². The molecule has 1 aromatic rings. The maximum Gasteiger partial charge on any atom is 0.260 e. The number of amides is 1. The first kappa shape index (κ1) is 13.6. The van der Waals surface area contributed by atoms with E-state index in [4.69, 9.17) is 4.74 Å². The number of benzene rings is 1. The first-order valence-electron chi connectivity index (χ1n) is 6.70. The molecule has 0 radical (unpaired) electrons. The van der Waals surface area contributed by atoms with Gasteiger partial charge in [-0.3, -0.25) is 14.7 Å². The molecule has 2 aliphatic heterocycles. The van der Waals surface area contributed by atoms with Crippen LogP contribution in [0.1, 0.15) is 10.4 Å². The first-order chi connectivity index (χ1) is 9.75. The van der Waals surface area contributed by atoms with Crippen molar-refractivity contribution in [3.05, 3.63) is 34.3 Å². The average molecular weight is 338 g/mol. The summed E-state index contributed by atoms with van der Waals surface area (Å²) in [7, 11) is 0. The molecule has 2 heterocycles. The van der Waals surface area contributed by atoms with Crippen molar-refractivity contribution in [1.29, 1.82) is 0 Å². The molecule has 1 aromatic carbocycles. The Hall–Kier alpha value is -1.40. The van der Waals surface area contributed by atoms with Gasteiger partial charge in [-0.05, 0) is 18.2 Å². The van der Waals surface area contributed by atoms with Crippen molar-refractivity contribution in [2.24, 2.45) is 4.99 Å². The van der Waals surface area contributed by atoms with E-state index in [-0.39, 0.29) is 5.91 Å². The highest BCUT2D eigenvalue weighted by molar-refractivity contribution is 9.10. The van der Waals surface area contributed by atoms with Crippen LogP contribution in [-0.4, -0.2) is 61.1 Å². The van der Waals surface area contributed by atoms with Gasteiger partial charge in [0.15, 0.2) is 0 Å². The standard InChI is InChI=1S/C14H16BrN3O2/c15-12-3-1-2-11(10-12)13(19)18-5-4-16-14(18)17-6-8-20-9-7-17/h1-3,10H,4-9H2. The van der Waals surface area contributed by atoms with Gasteiger partial charge >= 0.3 is 0 Å². The van der Waals surface area contributed by atoms with Gasteiger partial charge in [-0.25, -0.2) is 0 Å². The lowest BCUT2D eigenvalue weighted by molar-refractivity contribution is 0.0602. The predicted molar refractivity (Wildman–Crippen MR) is 79.9 cm³/mol. The number of morpholine rings is 1. The van der Waals surface area contributed by atoms with E-state index in [1.54, 1.807) is 4.90 Å². The number of ether oxygens (including phenoxy) is 1. The summed E-state index contributed by atoms with van der Waals surface area (Å²) in [6, 6.07) is 7.47. The molecule has 2 aliphatic rings. The normalized spacial score (nSPS) is 19.1. The van der Waals surface area contributed by atoms with Gasteiger partial charge in [-0.1, -0.05) is 22.0 Å². The van der Waals surface area contributed by atoms with Gasteiger partial charge < -0.3 is 9.64 Å². The molecule has 5 nitrogen and oxygen atoms in total. The second kappa shape index (κ2) is 5.93. The molecule has 0 saturated carbocycles. The highest BCUT2D eigenvalue weighted by Gasteiger charge is 2.29. The van der Waals surface area contributed by atoms with E-state index in [2.05, 4.69) is 25.8 Å². The Labute approximate surface area is 126 Å². The van der Waals surface area contributed by atoms with Crippen LogP contribution >= 0.6 is 15.9 Å². The topological polar surface area (TPSA) is 45.1 Å². The van der Waals surface area contributed by atoms with Crippen LogP contribution in [0.25, 0.3) is 0 Å². The van der Waals surface area contributed by atoms with E-state index in [0.717, 1.165) is 23.5 Å². The van der Waals surface area contributed by atoms with Crippen LogP contribution in [0, 0.1) is 0 Å². The molecule has 0 unspecified atom stereocenters. The summed E-state index contributed by atoms with van der Waals surface area (Å²) in [5.74, 6) is 0.798. The minimum atomic E-state index is 0.00837. The monoisotopic (exact) mass is 337 g/mol. The number of nitrogens with zero attached hydrogens (tertiary/aromatic N) is 3. The third-order valence-corrected chi connectivity index (χ3v) is 3.92. The Morgan fingerprint density at radius 3 is 2.80 bits per heavy atom. The van der Waals surface area contributed by atoms with Gasteiger partial charge in [-0.15, -0.1) is 0 Å². The Morgan fingerprint density at radius 2 is 2.05 bits per heavy atom. The van der Waals surface area contributed by atoms with Gasteiger partial charge in [0.05, 0.1) is 19.8 Å². The third kappa shape index (κ3) is 2.71. The van der Waals surface area contributed by atoms with Crippen LogP contribution in [-0.2, 0) is 4.74 Å². The van der Waals surface area contributed by atoms with Crippen LogP contribution in [0.3, 0.4) is 0 Å². The number of carbonyl (C=O) groups excluding carboxylic acids is 1. The third-order valence-electron chi connectivity index (χ3n) is 3.43. The summed E-state index contributed by atoms with van der Waals surface area (Å²) in [4.78, 5) is 21.0. The molecule has 0 N–H and O–H groups in total. The number of rotatable bonds is 1. The van der Waals surface area contributed by atoms with Crippen LogP contribution in [0.5, 0.6) is 0 Å². The highest BCUT2D eigenvalue weighted by Crippen LogP contribution is 2.17. The second-order valence-corrected chi connectivity index (χ2v) is 5.66. The molecule has 1 fully saturated rings. The van der Waals surface area contributed by atoms with E-state index in [1.807, 2.05) is 24.3 Å². The number of aliphatic imine (C=N–C) groups is 1. The lowest BCUT2D eigenvalue weighted by Crippen LogP contribution is -2.49. The largest absolute Gasteiger partial charge is 0.378 e. The summed E-state index contributed by atoms with van der Waals surface area (Å²) in [5, 5.41) is 0. The van der Waals surface area contributed by atoms with Crippen molar-refractivity contribution in [2.45, 2.75) is 0 Å². The molecule has 0 atom stereocenters. The van der Waals surface area contributed by atoms with E-state index in [0.29, 0.717) is 31.9 Å². The molecule has 0 bridgehead atoms. The second-order valence-electron chi connectivity index (χ2n) is 4.75. The number of carbonyl (C=O) groups is 1. The Balaban J connectivity index is 1.79. The predicted octanol–water partition coefficient (Wildman–Crippen LogP) is 1.59. The van der Waals surface area contributed by atoms with Crippen molar-refractivity contribution >= 4 is 27.8 Å². The SMILES string of the molecule is O=C(c1cccc(Br)c1)N1CCN=C1N1CCOCC1. The van der Waals surface area contributed by atoms with Crippen LogP contribution in [0.4, 0.5) is 0 Å². The van der Waals surface area contributed by atoms with Crippen LogP contribution in [0.15, 0.2) is 33.7 Å². The summed E-state index contributed by atoms with van der Waals surface area (Å²) < 4.78 is 6.26. The van der Waals surface area contributed by atoms with E-state index in [9.17, 15) is 4.79 Å². The van der Waals surface area contributed by atoms with Crippen molar-refractivity contribution in [1.82, 2.24) is 9.80 Å². The fourth-order valence-electron chi connectivity index (χ4n) is 2.44. The van der Waals surface area contributed by atoms with Crippen molar-refractivity contribution in [2.75, 3.05) is 39.4 Å². The molecule has 0 spiro atoms. The van der Waals surface area contributed by atoms with Gasteiger partial charge in [0.2, 0.25) is 5.96 Å². The quantitative estimate of drug-likeness (QED) is 0.781. The summed E-state index contributed by atoms with van der Waals surface area (Å²) in [5.41, 5.74) is 0.683. The van der Waals surface area contributed by atoms with Gasteiger partial charge in [-0.2, -0.15) is 0 Å². The number of guanidine groups is 1. The molecule has 0 aromatic heterocycles. The Kier molecular flexibility index (Phi) is 4.03. The van der Waals surface area contributed by atoms with Crippen molar-refractivity contribution in [3.63, 3.8) is 0 Å². The number of hydrogen-bond acceptors (Lipinski definition) is 4. The minimum absolute atomic E-state index is 0.00837. The zero-order valence-electron chi connectivity index (χ0n) is 11.1. The average Bonchev–Trinajstić information content (AvgIpc) is 2.97. The molecule has 106 valence electrons. The van der Waals surface area contributed by atoms with Crippen molar-refractivity contribution < 1.29 is 9.53 Å². The Morgan fingerprint density at radius 1 is 1.25 bits per heavy atom. The zero-order valence-corrected chi connectivity index (χ0v) is 12.7. The molecule has 0 aliphatic carbocycles. The first-order valence-corrected chi connectivity index (χ1v) is 7.49. The molecule has 6 heteroatoms. The summed E-state index contributed by atoms with van der Waals surface area (Å²) >= 11 is 3.40. The maximum absolute atomic E-state index is 12.6. The molecule has 20 heavy (non-hydrogen) atoms. The number of halogens is 1. The zero-order chi connectivity index (χ0) is 13.9. The van der Waals surface area contributed by atoms with Crippen LogP contribution in [0.2, 0.25) is 0 Å². The summed E-state index contributed by atoms with van der Waals surface area (Å²) in [6.07, 6.45) is 0. The highest BCUT2D eigenvalue weighted by atomic mass is 79.9. The Bertz CT molecular complexity index is 541. The fraction of sp³-hybridized carbons (Fsp3) is 0.429. The van der Waals surface area contributed by atoms with Gasteiger partial charge in [0.25, 0.3) is 5.91 Å². The summed E-state index contributed by atoms with van der Waals surface area (Å²) in [6.45, 7) is 4.29.